The maximum absolute atomic E-state index is 12.9. The van der Waals surface area contributed by atoms with Crippen LogP contribution in [0.3, 0.4) is 0 Å². The molecule has 0 saturated carbocycles. The number of sulfonamides is 1. The van der Waals surface area contributed by atoms with Crippen molar-refractivity contribution in [1.82, 2.24) is 24.4 Å². The van der Waals surface area contributed by atoms with Crippen molar-refractivity contribution in [3.63, 3.8) is 0 Å². The minimum Gasteiger partial charge on any atom is -0.352 e. The van der Waals surface area contributed by atoms with Gasteiger partial charge in [0.2, 0.25) is 15.9 Å². The third kappa shape index (κ3) is 5.28. The number of aromatic nitrogens is 3. The van der Waals surface area contributed by atoms with E-state index in [4.69, 9.17) is 0 Å². The lowest BCUT2D eigenvalue weighted by molar-refractivity contribution is -0.137. The molecule has 0 radical (unpaired) electrons. The van der Waals surface area contributed by atoms with Gasteiger partial charge < -0.3 is 15.1 Å². The van der Waals surface area contributed by atoms with Crippen LogP contribution in [0.5, 0.6) is 0 Å². The highest BCUT2D eigenvalue weighted by atomic mass is 32.2. The number of carbonyl (C=O) groups excluding carboxylic acids is 1. The number of anilines is 3. The topological polar surface area (TPSA) is 112 Å². The second-order valence-corrected chi connectivity index (χ2v) is 9.87. The second-order valence-electron chi connectivity index (χ2n) is 7.89. The van der Waals surface area contributed by atoms with Gasteiger partial charge in [-0.1, -0.05) is 0 Å². The number of amides is 1. The van der Waals surface area contributed by atoms with Gasteiger partial charge >= 0.3 is 0 Å². The number of nitrogens with one attached hydrogen (secondary N) is 1. The average molecular weight is 446 g/mol. The fourth-order valence-electron chi connectivity index (χ4n) is 3.99. The van der Waals surface area contributed by atoms with Crippen molar-refractivity contribution in [3.8, 4) is 0 Å². The summed E-state index contributed by atoms with van der Waals surface area (Å²) in [6, 6.07) is 7.53. The zero-order chi connectivity index (χ0) is 21.8. The summed E-state index contributed by atoms with van der Waals surface area (Å²) in [5, 5.41) is 11.7. The monoisotopic (exact) mass is 445 g/mol. The quantitative estimate of drug-likeness (QED) is 0.724. The largest absolute Gasteiger partial charge is 0.352 e. The molecule has 2 aliphatic rings. The average Bonchev–Trinajstić information content (AvgIpc) is 2.79. The standard InChI is InChI=1S/C20H27N7O3S/c1-31(29,30)27-10-6-16(7-11-27)20(28)26-14-12-25(13-15-26)19-3-2-18(23-24-19)22-17-4-8-21-9-5-17/h2-5,8-9,16H,6-7,10-15H2,1H3,(H,21,22,23). The first-order valence-electron chi connectivity index (χ1n) is 10.4. The van der Waals surface area contributed by atoms with Crippen molar-refractivity contribution in [2.75, 3.05) is 55.7 Å². The third-order valence-electron chi connectivity index (χ3n) is 5.79. The Morgan fingerprint density at radius 2 is 1.65 bits per heavy atom. The SMILES string of the molecule is CS(=O)(=O)N1CCC(C(=O)N2CCN(c3ccc(Nc4ccncc4)nn3)CC2)CC1. The van der Waals surface area contributed by atoms with Gasteiger partial charge in [-0.3, -0.25) is 9.78 Å². The molecule has 1 N–H and O–H groups in total. The van der Waals surface area contributed by atoms with Gasteiger partial charge in [-0.15, -0.1) is 10.2 Å². The smallest absolute Gasteiger partial charge is 0.225 e. The number of nitrogens with zero attached hydrogens (tertiary/aromatic N) is 6. The van der Waals surface area contributed by atoms with Crippen LogP contribution in [0, 0.1) is 5.92 Å². The Morgan fingerprint density at radius 3 is 2.23 bits per heavy atom. The summed E-state index contributed by atoms with van der Waals surface area (Å²) in [4.78, 5) is 20.9. The summed E-state index contributed by atoms with van der Waals surface area (Å²) in [6.07, 6.45) is 5.81. The Bertz CT molecular complexity index is 985. The number of piperidine rings is 1. The number of hydrogen-bond donors (Lipinski definition) is 1. The fourth-order valence-corrected chi connectivity index (χ4v) is 4.87. The van der Waals surface area contributed by atoms with Crippen LogP contribution in [-0.4, -0.2) is 84.2 Å². The lowest BCUT2D eigenvalue weighted by atomic mass is 9.96. The predicted molar refractivity (Wildman–Crippen MR) is 117 cm³/mol. The van der Waals surface area contributed by atoms with Gasteiger partial charge in [0.05, 0.1) is 6.26 Å². The first-order chi connectivity index (χ1) is 14.9. The van der Waals surface area contributed by atoms with Crippen LogP contribution in [0.15, 0.2) is 36.7 Å². The Balaban J connectivity index is 1.27. The Kier molecular flexibility index (Phi) is 6.33. The van der Waals surface area contributed by atoms with E-state index in [2.05, 4.69) is 25.4 Å². The van der Waals surface area contributed by atoms with Crippen LogP contribution in [0.2, 0.25) is 0 Å². The van der Waals surface area contributed by atoms with Gasteiger partial charge in [-0.05, 0) is 37.1 Å². The highest BCUT2D eigenvalue weighted by Gasteiger charge is 2.32. The molecule has 2 aromatic rings. The molecule has 31 heavy (non-hydrogen) atoms. The molecular weight excluding hydrogens is 418 g/mol. The zero-order valence-electron chi connectivity index (χ0n) is 17.5. The van der Waals surface area contributed by atoms with Crippen LogP contribution in [0.25, 0.3) is 0 Å². The lowest BCUT2D eigenvalue weighted by Gasteiger charge is -2.38. The molecule has 2 fully saturated rings. The third-order valence-corrected chi connectivity index (χ3v) is 7.09. The van der Waals surface area contributed by atoms with E-state index in [1.165, 1.54) is 10.6 Å². The Labute approximate surface area is 182 Å². The Hall–Kier alpha value is -2.79. The molecule has 2 aromatic heterocycles. The maximum atomic E-state index is 12.9. The number of piperazine rings is 1. The van der Waals surface area contributed by atoms with E-state index in [0.29, 0.717) is 57.9 Å². The molecule has 0 bridgehead atoms. The van der Waals surface area contributed by atoms with E-state index in [-0.39, 0.29) is 11.8 Å². The van der Waals surface area contributed by atoms with Crippen LogP contribution in [-0.2, 0) is 14.8 Å². The number of carbonyl (C=O) groups is 1. The molecule has 0 spiro atoms. The van der Waals surface area contributed by atoms with Crippen LogP contribution in [0.1, 0.15) is 12.8 Å². The van der Waals surface area contributed by atoms with Crippen molar-refractivity contribution in [1.29, 1.82) is 0 Å². The molecule has 0 aromatic carbocycles. The van der Waals surface area contributed by atoms with Gasteiger partial charge in [-0.2, -0.15) is 0 Å². The molecule has 0 atom stereocenters. The molecule has 1 amide bonds. The first-order valence-corrected chi connectivity index (χ1v) is 12.2. The van der Waals surface area contributed by atoms with E-state index >= 15 is 0 Å². The van der Waals surface area contributed by atoms with Crippen molar-refractivity contribution in [2.45, 2.75) is 12.8 Å². The number of pyridine rings is 1. The van der Waals surface area contributed by atoms with Crippen molar-refractivity contribution in [3.05, 3.63) is 36.7 Å². The molecule has 11 heteroatoms. The molecule has 0 aliphatic carbocycles. The highest BCUT2D eigenvalue weighted by molar-refractivity contribution is 7.88. The summed E-state index contributed by atoms with van der Waals surface area (Å²) in [6.45, 7) is 3.49. The van der Waals surface area contributed by atoms with E-state index in [0.717, 1.165) is 11.5 Å². The molecular formula is C20H27N7O3S. The van der Waals surface area contributed by atoms with Gasteiger partial charge in [0, 0.05) is 63.3 Å². The molecule has 4 rings (SSSR count). The number of hydrogen-bond acceptors (Lipinski definition) is 8. The number of rotatable bonds is 5. The van der Waals surface area contributed by atoms with E-state index in [9.17, 15) is 13.2 Å². The van der Waals surface area contributed by atoms with Gasteiger partial charge in [0.25, 0.3) is 0 Å². The van der Waals surface area contributed by atoms with Gasteiger partial charge in [0.15, 0.2) is 11.6 Å². The molecule has 166 valence electrons. The fraction of sp³-hybridized carbons (Fsp3) is 0.500. The normalized spacial score (nSPS) is 18.7. The molecule has 2 aliphatic heterocycles. The van der Waals surface area contributed by atoms with Gasteiger partial charge in [0.1, 0.15) is 0 Å². The molecule has 0 unspecified atom stereocenters. The molecule has 10 nitrogen and oxygen atoms in total. The second kappa shape index (κ2) is 9.15. The summed E-state index contributed by atoms with van der Waals surface area (Å²) < 4.78 is 24.8. The van der Waals surface area contributed by atoms with Crippen molar-refractivity contribution >= 4 is 33.3 Å². The van der Waals surface area contributed by atoms with E-state index in [1.807, 2.05) is 29.2 Å². The van der Waals surface area contributed by atoms with Crippen LogP contribution < -0.4 is 10.2 Å². The van der Waals surface area contributed by atoms with Crippen LogP contribution in [0.4, 0.5) is 17.3 Å². The summed E-state index contributed by atoms with van der Waals surface area (Å²) in [5.41, 5.74) is 0.895. The predicted octanol–water partition coefficient (Wildman–Crippen LogP) is 0.935. The lowest BCUT2D eigenvalue weighted by Crippen LogP contribution is -2.52. The Morgan fingerprint density at radius 1 is 0.968 bits per heavy atom. The minimum absolute atomic E-state index is 0.0945. The van der Waals surface area contributed by atoms with Crippen molar-refractivity contribution < 1.29 is 13.2 Å². The summed E-state index contributed by atoms with van der Waals surface area (Å²) in [5.74, 6) is 1.48. The first kappa shape index (κ1) is 21.4. The molecule has 4 heterocycles. The van der Waals surface area contributed by atoms with Gasteiger partial charge in [-0.25, -0.2) is 12.7 Å². The van der Waals surface area contributed by atoms with Crippen LogP contribution >= 0.6 is 0 Å². The maximum Gasteiger partial charge on any atom is 0.225 e. The summed E-state index contributed by atoms with van der Waals surface area (Å²) in [7, 11) is -3.18. The summed E-state index contributed by atoms with van der Waals surface area (Å²) >= 11 is 0. The minimum atomic E-state index is -3.18. The van der Waals surface area contributed by atoms with E-state index < -0.39 is 10.0 Å². The van der Waals surface area contributed by atoms with E-state index in [1.54, 1.807) is 12.4 Å². The van der Waals surface area contributed by atoms with Crippen molar-refractivity contribution in [2.24, 2.45) is 5.92 Å². The highest BCUT2D eigenvalue weighted by Crippen LogP contribution is 2.23. The molecule has 2 saturated heterocycles. The zero-order valence-corrected chi connectivity index (χ0v) is 18.3.